The third kappa shape index (κ3) is 2.39. The fourth-order valence-corrected chi connectivity index (χ4v) is 2.55. The van der Waals surface area contributed by atoms with Crippen molar-refractivity contribution >= 4 is 11.8 Å². The molecular formula is C10H13NOS. The number of benzene rings is 1. The van der Waals surface area contributed by atoms with Gasteiger partial charge in [0.15, 0.2) is 0 Å². The molecule has 1 saturated heterocycles. The summed E-state index contributed by atoms with van der Waals surface area (Å²) in [5.41, 5.74) is 0. The summed E-state index contributed by atoms with van der Waals surface area (Å²) in [5.74, 6) is 0.337. The predicted octanol–water partition coefficient (Wildman–Crippen LogP) is 2.19. The molecule has 1 atom stereocenters. The van der Waals surface area contributed by atoms with Gasteiger partial charge in [0, 0.05) is 4.90 Å². The zero-order valence-electron chi connectivity index (χ0n) is 7.36. The molecule has 1 aliphatic rings. The third-order valence-corrected chi connectivity index (χ3v) is 3.36. The van der Waals surface area contributed by atoms with Crippen LogP contribution in [0.2, 0.25) is 0 Å². The molecule has 0 aromatic heterocycles. The molecule has 0 spiro atoms. The van der Waals surface area contributed by atoms with Crippen LogP contribution in [-0.2, 0) is 0 Å². The fraction of sp³-hybridized carbons (Fsp3) is 0.400. The Morgan fingerprint density at radius 3 is 2.69 bits per heavy atom. The molecule has 0 aliphatic carbocycles. The lowest BCUT2D eigenvalue weighted by atomic mass is 10.3. The maximum Gasteiger partial charge on any atom is 0.115 e. The van der Waals surface area contributed by atoms with Crippen LogP contribution in [0.5, 0.6) is 5.75 Å². The average molecular weight is 195 g/mol. The Balaban J connectivity index is 1.97. The van der Waals surface area contributed by atoms with E-state index < -0.39 is 0 Å². The Bertz CT molecular complexity index is 267. The highest BCUT2D eigenvalue weighted by atomic mass is 32.2. The third-order valence-electron chi connectivity index (χ3n) is 2.13. The number of thioether (sulfide) groups is 1. The fourth-order valence-electron chi connectivity index (χ4n) is 1.44. The Morgan fingerprint density at radius 1 is 1.31 bits per heavy atom. The van der Waals surface area contributed by atoms with Gasteiger partial charge in [0.1, 0.15) is 5.75 Å². The topological polar surface area (TPSA) is 32.3 Å². The van der Waals surface area contributed by atoms with Gasteiger partial charge in [0.05, 0.1) is 5.37 Å². The lowest BCUT2D eigenvalue weighted by Gasteiger charge is -2.08. The SMILES string of the molecule is Oc1ccc(SC2CCCN2)cc1. The van der Waals surface area contributed by atoms with E-state index in [1.807, 2.05) is 23.9 Å². The average Bonchev–Trinajstić information content (AvgIpc) is 2.62. The lowest BCUT2D eigenvalue weighted by Crippen LogP contribution is -2.16. The molecule has 0 amide bonds. The Hall–Kier alpha value is -0.670. The van der Waals surface area contributed by atoms with E-state index in [-0.39, 0.29) is 0 Å². The van der Waals surface area contributed by atoms with Crippen molar-refractivity contribution in [2.45, 2.75) is 23.1 Å². The summed E-state index contributed by atoms with van der Waals surface area (Å²) >= 11 is 1.84. The molecule has 2 rings (SSSR count). The minimum absolute atomic E-state index is 0.337. The van der Waals surface area contributed by atoms with Crippen molar-refractivity contribution in [1.82, 2.24) is 5.32 Å². The standard InChI is InChI=1S/C10H13NOS/c12-8-3-5-9(6-4-8)13-10-2-1-7-11-10/h3-6,10-12H,1-2,7H2. The number of hydrogen-bond acceptors (Lipinski definition) is 3. The lowest BCUT2D eigenvalue weighted by molar-refractivity contribution is 0.475. The van der Waals surface area contributed by atoms with Crippen molar-refractivity contribution in [3.8, 4) is 5.75 Å². The summed E-state index contributed by atoms with van der Waals surface area (Å²) in [4.78, 5) is 1.22. The van der Waals surface area contributed by atoms with Gasteiger partial charge in [-0.3, -0.25) is 0 Å². The maximum atomic E-state index is 9.09. The van der Waals surface area contributed by atoms with Crippen LogP contribution < -0.4 is 5.32 Å². The monoisotopic (exact) mass is 195 g/mol. The smallest absolute Gasteiger partial charge is 0.115 e. The zero-order chi connectivity index (χ0) is 9.10. The molecule has 1 fully saturated rings. The van der Waals surface area contributed by atoms with Gasteiger partial charge in [-0.05, 0) is 43.7 Å². The van der Waals surface area contributed by atoms with E-state index in [4.69, 9.17) is 5.11 Å². The summed E-state index contributed by atoms with van der Waals surface area (Å²) in [6.45, 7) is 1.13. The van der Waals surface area contributed by atoms with Crippen LogP contribution in [0.4, 0.5) is 0 Å². The molecule has 1 aliphatic heterocycles. The van der Waals surface area contributed by atoms with Crippen molar-refractivity contribution < 1.29 is 5.11 Å². The molecule has 0 radical (unpaired) electrons. The second kappa shape index (κ2) is 4.03. The second-order valence-electron chi connectivity index (χ2n) is 3.20. The molecular weight excluding hydrogens is 182 g/mol. The van der Waals surface area contributed by atoms with Crippen molar-refractivity contribution in [1.29, 1.82) is 0 Å². The van der Waals surface area contributed by atoms with E-state index in [0.29, 0.717) is 11.1 Å². The van der Waals surface area contributed by atoms with Crippen molar-refractivity contribution in [3.05, 3.63) is 24.3 Å². The molecule has 1 aromatic rings. The predicted molar refractivity (Wildman–Crippen MR) is 55.0 cm³/mol. The first-order valence-electron chi connectivity index (χ1n) is 4.54. The van der Waals surface area contributed by atoms with Crippen LogP contribution in [0.15, 0.2) is 29.2 Å². The second-order valence-corrected chi connectivity index (χ2v) is 4.47. The van der Waals surface area contributed by atoms with E-state index in [2.05, 4.69) is 5.32 Å². The van der Waals surface area contributed by atoms with Crippen LogP contribution in [0.25, 0.3) is 0 Å². The molecule has 13 heavy (non-hydrogen) atoms. The highest BCUT2D eigenvalue weighted by Gasteiger charge is 2.14. The van der Waals surface area contributed by atoms with Gasteiger partial charge in [0.25, 0.3) is 0 Å². The Morgan fingerprint density at radius 2 is 2.08 bits per heavy atom. The van der Waals surface area contributed by atoms with Crippen molar-refractivity contribution in [2.24, 2.45) is 0 Å². The normalized spacial score (nSPS) is 22.0. The molecule has 0 bridgehead atoms. The summed E-state index contributed by atoms with van der Waals surface area (Å²) in [5, 5.41) is 13.1. The van der Waals surface area contributed by atoms with Crippen LogP contribution in [0.1, 0.15) is 12.8 Å². The van der Waals surface area contributed by atoms with Crippen LogP contribution in [0.3, 0.4) is 0 Å². The number of phenolic OH excluding ortho intramolecular Hbond substituents is 1. The first kappa shape index (κ1) is 8.91. The molecule has 1 unspecified atom stereocenters. The van der Waals surface area contributed by atoms with E-state index in [1.54, 1.807) is 12.1 Å². The van der Waals surface area contributed by atoms with Crippen LogP contribution in [0, 0.1) is 0 Å². The van der Waals surface area contributed by atoms with Gasteiger partial charge in [-0.1, -0.05) is 0 Å². The number of rotatable bonds is 2. The highest BCUT2D eigenvalue weighted by Crippen LogP contribution is 2.27. The number of aromatic hydroxyl groups is 1. The molecule has 2 nitrogen and oxygen atoms in total. The molecule has 1 heterocycles. The van der Waals surface area contributed by atoms with E-state index in [1.165, 1.54) is 17.7 Å². The van der Waals surface area contributed by atoms with Crippen LogP contribution >= 0.6 is 11.8 Å². The summed E-state index contributed by atoms with van der Waals surface area (Å²) in [6, 6.07) is 7.38. The summed E-state index contributed by atoms with van der Waals surface area (Å²) in [6.07, 6.45) is 2.52. The Labute approximate surface area is 82.4 Å². The molecule has 70 valence electrons. The highest BCUT2D eigenvalue weighted by molar-refractivity contribution is 7.99. The van der Waals surface area contributed by atoms with Gasteiger partial charge in [0.2, 0.25) is 0 Å². The minimum Gasteiger partial charge on any atom is -0.508 e. The van der Waals surface area contributed by atoms with Gasteiger partial charge < -0.3 is 10.4 Å². The molecule has 1 aromatic carbocycles. The van der Waals surface area contributed by atoms with Crippen molar-refractivity contribution in [3.63, 3.8) is 0 Å². The summed E-state index contributed by atoms with van der Waals surface area (Å²) in [7, 11) is 0. The van der Waals surface area contributed by atoms with E-state index in [0.717, 1.165) is 6.54 Å². The first-order chi connectivity index (χ1) is 6.34. The van der Waals surface area contributed by atoms with Gasteiger partial charge in [-0.25, -0.2) is 0 Å². The van der Waals surface area contributed by atoms with Gasteiger partial charge in [-0.15, -0.1) is 11.8 Å². The number of phenols is 1. The van der Waals surface area contributed by atoms with Crippen LogP contribution in [-0.4, -0.2) is 17.0 Å². The number of hydrogen-bond donors (Lipinski definition) is 2. The summed E-state index contributed by atoms with van der Waals surface area (Å²) < 4.78 is 0. The van der Waals surface area contributed by atoms with E-state index >= 15 is 0 Å². The first-order valence-corrected chi connectivity index (χ1v) is 5.41. The van der Waals surface area contributed by atoms with Gasteiger partial charge in [-0.2, -0.15) is 0 Å². The molecule has 3 heteroatoms. The number of nitrogens with one attached hydrogen (secondary N) is 1. The largest absolute Gasteiger partial charge is 0.508 e. The quantitative estimate of drug-likeness (QED) is 0.758. The molecule has 2 N–H and O–H groups in total. The zero-order valence-corrected chi connectivity index (χ0v) is 8.18. The molecule has 0 saturated carbocycles. The van der Waals surface area contributed by atoms with Gasteiger partial charge >= 0.3 is 0 Å². The Kier molecular flexibility index (Phi) is 2.76. The van der Waals surface area contributed by atoms with Crippen molar-refractivity contribution in [2.75, 3.05) is 6.54 Å². The minimum atomic E-state index is 0.337. The van der Waals surface area contributed by atoms with E-state index in [9.17, 15) is 0 Å². The maximum absolute atomic E-state index is 9.09.